The maximum absolute atomic E-state index is 12.1. The van der Waals surface area contributed by atoms with Crippen LogP contribution >= 0.6 is 0 Å². The minimum atomic E-state index is -0.841. The number of aliphatic hydroxyl groups excluding tert-OH is 1. The quantitative estimate of drug-likeness (QED) is 0.771. The topological polar surface area (TPSA) is 78.9 Å². The Balaban J connectivity index is 1.56. The van der Waals surface area contributed by atoms with Gasteiger partial charge in [0.15, 0.2) is 0 Å². The number of ether oxygens (including phenoxy) is 1. The third-order valence-electron chi connectivity index (χ3n) is 4.96. The summed E-state index contributed by atoms with van der Waals surface area (Å²) in [5, 5.41) is 13.6. The fourth-order valence-corrected chi connectivity index (χ4v) is 3.41. The molecule has 1 fully saturated rings. The fourth-order valence-electron chi connectivity index (χ4n) is 3.41. The van der Waals surface area contributed by atoms with Crippen molar-refractivity contribution in [2.75, 3.05) is 25.1 Å². The molecule has 0 aliphatic carbocycles. The predicted octanol–water partition coefficient (Wildman–Crippen LogP) is 2.54. The number of hydrogen-bond donors (Lipinski definition) is 2. The largest absolute Gasteiger partial charge is 0.386 e. The summed E-state index contributed by atoms with van der Waals surface area (Å²) in [5.74, 6) is -0.166. The van der Waals surface area contributed by atoms with E-state index < -0.39 is 12.1 Å². The molecule has 148 valence electrons. The highest BCUT2D eigenvalue weighted by atomic mass is 16.5. The molecule has 0 saturated carbocycles. The third kappa shape index (κ3) is 4.97. The molecular weight excluding hydrogens is 356 g/mol. The molecule has 0 bridgehead atoms. The number of morpholine rings is 1. The van der Waals surface area contributed by atoms with Crippen molar-refractivity contribution >= 4 is 17.5 Å². The molecule has 0 unspecified atom stereocenters. The van der Waals surface area contributed by atoms with Crippen molar-refractivity contribution in [1.82, 2.24) is 4.90 Å². The first kappa shape index (κ1) is 20.0. The average molecular weight is 382 g/mol. The molecule has 0 radical (unpaired) electrons. The van der Waals surface area contributed by atoms with E-state index in [0.29, 0.717) is 37.2 Å². The Morgan fingerprint density at radius 1 is 1.21 bits per heavy atom. The van der Waals surface area contributed by atoms with E-state index >= 15 is 0 Å². The smallest absolute Gasteiger partial charge is 0.248 e. The van der Waals surface area contributed by atoms with Crippen molar-refractivity contribution in [3.8, 4) is 0 Å². The summed E-state index contributed by atoms with van der Waals surface area (Å²) in [6.45, 7) is 2.78. The number of amides is 2. The number of hydrogen-bond acceptors (Lipinski definition) is 4. The lowest BCUT2D eigenvalue weighted by molar-refractivity contribution is -0.153. The Bertz CT molecular complexity index is 792. The molecule has 1 aliphatic rings. The molecule has 2 N–H and O–H groups in total. The first-order chi connectivity index (χ1) is 13.6. The molecule has 2 aromatic carbocycles. The SMILES string of the molecule is CCN1C(=O)COC[C@@H]1[C@H](O)c1ccc(NC(=O)CCc2ccccc2)cc1. The van der Waals surface area contributed by atoms with Gasteiger partial charge in [0.25, 0.3) is 0 Å². The van der Waals surface area contributed by atoms with Gasteiger partial charge in [0, 0.05) is 18.7 Å². The molecule has 2 atom stereocenters. The van der Waals surface area contributed by atoms with Gasteiger partial charge in [-0.3, -0.25) is 9.59 Å². The van der Waals surface area contributed by atoms with Crippen LogP contribution in [0.15, 0.2) is 54.6 Å². The Morgan fingerprint density at radius 2 is 1.93 bits per heavy atom. The van der Waals surface area contributed by atoms with Crippen LogP contribution in [0.5, 0.6) is 0 Å². The lowest BCUT2D eigenvalue weighted by atomic mass is 10.00. The molecule has 6 heteroatoms. The van der Waals surface area contributed by atoms with Gasteiger partial charge in [0.05, 0.1) is 12.6 Å². The van der Waals surface area contributed by atoms with Gasteiger partial charge in [-0.2, -0.15) is 0 Å². The minimum absolute atomic E-state index is 0.0550. The monoisotopic (exact) mass is 382 g/mol. The lowest BCUT2D eigenvalue weighted by Crippen LogP contribution is -2.51. The van der Waals surface area contributed by atoms with E-state index in [2.05, 4.69) is 5.32 Å². The van der Waals surface area contributed by atoms with E-state index in [1.165, 1.54) is 0 Å². The van der Waals surface area contributed by atoms with Crippen molar-refractivity contribution in [3.05, 3.63) is 65.7 Å². The molecule has 0 spiro atoms. The number of nitrogens with one attached hydrogen (secondary N) is 1. The molecule has 1 saturated heterocycles. The van der Waals surface area contributed by atoms with E-state index in [1.807, 2.05) is 37.3 Å². The number of carbonyl (C=O) groups is 2. The molecule has 28 heavy (non-hydrogen) atoms. The standard InChI is InChI=1S/C22H26N2O4/c1-2-24-19(14-28-15-21(24)26)22(27)17-9-11-18(12-10-17)23-20(25)13-8-16-6-4-3-5-7-16/h3-7,9-12,19,22,27H,2,8,13-15H2,1H3,(H,23,25)/t19-,22-/m1/s1. The second kappa shape index (κ2) is 9.48. The zero-order valence-electron chi connectivity index (χ0n) is 16.0. The Labute approximate surface area is 165 Å². The van der Waals surface area contributed by atoms with Crippen LogP contribution in [0, 0.1) is 0 Å². The number of aliphatic hydroxyl groups is 1. The minimum Gasteiger partial charge on any atom is -0.386 e. The number of carbonyl (C=O) groups excluding carboxylic acids is 2. The van der Waals surface area contributed by atoms with Crippen LogP contribution in [0.4, 0.5) is 5.69 Å². The van der Waals surface area contributed by atoms with Crippen LogP contribution in [-0.2, 0) is 20.7 Å². The number of benzene rings is 2. The highest BCUT2D eigenvalue weighted by Crippen LogP contribution is 2.25. The molecule has 0 aromatic heterocycles. The number of anilines is 1. The summed E-state index contributed by atoms with van der Waals surface area (Å²) < 4.78 is 5.30. The molecule has 3 rings (SSSR count). The van der Waals surface area contributed by atoms with Gasteiger partial charge >= 0.3 is 0 Å². The maximum atomic E-state index is 12.1. The van der Waals surface area contributed by atoms with Gasteiger partial charge in [0.1, 0.15) is 12.7 Å². The van der Waals surface area contributed by atoms with Crippen molar-refractivity contribution in [3.63, 3.8) is 0 Å². The molecule has 2 amide bonds. The van der Waals surface area contributed by atoms with Crippen LogP contribution in [0.1, 0.15) is 30.6 Å². The summed E-state index contributed by atoms with van der Waals surface area (Å²) >= 11 is 0. The van der Waals surface area contributed by atoms with Crippen LogP contribution in [-0.4, -0.2) is 47.6 Å². The lowest BCUT2D eigenvalue weighted by Gasteiger charge is -2.37. The van der Waals surface area contributed by atoms with Crippen molar-refractivity contribution in [2.24, 2.45) is 0 Å². The van der Waals surface area contributed by atoms with E-state index in [-0.39, 0.29) is 18.4 Å². The van der Waals surface area contributed by atoms with E-state index in [0.717, 1.165) is 5.56 Å². The second-order valence-electron chi connectivity index (χ2n) is 6.86. The number of rotatable bonds is 7. The van der Waals surface area contributed by atoms with Crippen molar-refractivity contribution in [2.45, 2.75) is 31.9 Å². The molecule has 2 aromatic rings. The van der Waals surface area contributed by atoms with Gasteiger partial charge < -0.3 is 20.1 Å². The van der Waals surface area contributed by atoms with Gasteiger partial charge in [-0.15, -0.1) is 0 Å². The zero-order valence-corrected chi connectivity index (χ0v) is 16.0. The van der Waals surface area contributed by atoms with Crippen LogP contribution < -0.4 is 5.32 Å². The fraction of sp³-hybridized carbons (Fsp3) is 0.364. The first-order valence-electron chi connectivity index (χ1n) is 9.57. The van der Waals surface area contributed by atoms with Gasteiger partial charge in [0.2, 0.25) is 11.8 Å². The number of aryl methyl sites for hydroxylation is 1. The van der Waals surface area contributed by atoms with Gasteiger partial charge in [-0.1, -0.05) is 42.5 Å². The van der Waals surface area contributed by atoms with E-state index in [1.54, 1.807) is 29.2 Å². The van der Waals surface area contributed by atoms with Crippen LogP contribution in [0.2, 0.25) is 0 Å². The predicted molar refractivity (Wildman–Crippen MR) is 107 cm³/mol. The van der Waals surface area contributed by atoms with Crippen molar-refractivity contribution in [1.29, 1.82) is 0 Å². The average Bonchev–Trinajstić information content (AvgIpc) is 2.73. The van der Waals surface area contributed by atoms with Crippen LogP contribution in [0.3, 0.4) is 0 Å². The zero-order chi connectivity index (χ0) is 19.9. The molecule has 6 nitrogen and oxygen atoms in total. The maximum Gasteiger partial charge on any atom is 0.248 e. The van der Waals surface area contributed by atoms with E-state index in [9.17, 15) is 14.7 Å². The van der Waals surface area contributed by atoms with E-state index in [4.69, 9.17) is 4.74 Å². The summed E-state index contributed by atoms with van der Waals surface area (Å²) in [7, 11) is 0. The first-order valence-corrected chi connectivity index (χ1v) is 9.57. The summed E-state index contributed by atoms with van der Waals surface area (Å²) in [5.41, 5.74) is 2.49. The van der Waals surface area contributed by atoms with Gasteiger partial charge in [-0.05, 0) is 36.6 Å². The molecule has 1 aliphatic heterocycles. The summed E-state index contributed by atoms with van der Waals surface area (Å²) in [6.07, 6.45) is 0.250. The second-order valence-corrected chi connectivity index (χ2v) is 6.86. The number of likely N-dealkylation sites (N-methyl/N-ethyl adjacent to an activating group) is 1. The Kier molecular flexibility index (Phi) is 6.79. The van der Waals surface area contributed by atoms with Gasteiger partial charge in [-0.25, -0.2) is 0 Å². The third-order valence-corrected chi connectivity index (χ3v) is 4.96. The summed E-state index contributed by atoms with van der Waals surface area (Å²) in [4.78, 5) is 25.7. The Morgan fingerprint density at radius 3 is 2.61 bits per heavy atom. The highest BCUT2D eigenvalue weighted by molar-refractivity contribution is 5.90. The highest BCUT2D eigenvalue weighted by Gasteiger charge is 2.33. The Hall–Kier alpha value is -2.70. The van der Waals surface area contributed by atoms with Crippen molar-refractivity contribution < 1.29 is 19.4 Å². The molecule has 1 heterocycles. The molecular formula is C22H26N2O4. The normalized spacial score (nSPS) is 18.0. The summed E-state index contributed by atoms with van der Waals surface area (Å²) in [6, 6.07) is 16.5. The van der Waals surface area contributed by atoms with Crippen LogP contribution in [0.25, 0.3) is 0 Å². The number of nitrogens with zero attached hydrogens (tertiary/aromatic N) is 1.